The molecule has 1 aromatic rings. The Morgan fingerprint density at radius 3 is 2.86 bits per heavy atom. The first-order valence-electron chi connectivity index (χ1n) is 7.43. The van der Waals surface area contributed by atoms with Gasteiger partial charge in [0, 0.05) is 11.5 Å². The fraction of sp³-hybridized carbons (Fsp3) is 0.600. The highest BCUT2D eigenvalue weighted by Crippen LogP contribution is 2.36. The van der Waals surface area contributed by atoms with Crippen LogP contribution < -0.4 is 11.1 Å². The average Bonchev–Trinajstić information content (AvgIpc) is 3.04. The molecule has 2 heterocycles. The average molecular weight is 308 g/mol. The molecule has 0 saturated carbocycles. The SMILES string of the molecule is CC1CCc2c(sc(C(=O)NC3CCCO3)c2C(N)=O)C1. The molecule has 3 N–H and O–H groups in total. The molecule has 0 bridgehead atoms. The van der Waals surface area contributed by atoms with Gasteiger partial charge in [-0.2, -0.15) is 0 Å². The predicted octanol–water partition coefficient (Wildman–Crippen LogP) is 1.84. The van der Waals surface area contributed by atoms with Crippen molar-refractivity contribution in [3.8, 4) is 0 Å². The smallest absolute Gasteiger partial charge is 0.264 e. The molecule has 1 aromatic heterocycles. The highest BCUT2D eigenvalue weighted by Gasteiger charge is 2.30. The minimum absolute atomic E-state index is 0.234. The van der Waals surface area contributed by atoms with Gasteiger partial charge in [0.25, 0.3) is 11.8 Å². The number of nitrogens with two attached hydrogens (primary N) is 1. The number of hydrogen-bond acceptors (Lipinski definition) is 4. The van der Waals surface area contributed by atoms with Crippen LogP contribution in [0.4, 0.5) is 0 Å². The molecule has 21 heavy (non-hydrogen) atoms. The van der Waals surface area contributed by atoms with E-state index >= 15 is 0 Å². The number of hydrogen-bond donors (Lipinski definition) is 2. The highest BCUT2D eigenvalue weighted by molar-refractivity contribution is 7.14. The van der Waals surface area contributed by atoms with Crippen molar-refractivity contribution in [1.82, 2.24) is 5.32 Å². The maximum Gasteiger partial charge on any atom is 0.264 e. The Bertz CT molecular complexity index is 576. The third kappa shape index (κ3) is 2.82. The van der Waals surface area contributed by atoms with Crippen LogP contribution in [0.1, 0.15) is 56.7 Å². The standard InChI is InChI=1S/C15H20N2O3S/c1-8-4-5-9-10(7-8)21-13(12(9)14(16)18)15(19)17-11-3-2-6-20-11/h8,11H,2-7H2,1H3,(H2,16,18)(H,17,19). The van der Waals surface area contributed by atoms with Crippen LogP contribution in [0.15, 0.2) is 0 Å². The zero-order valence-electron chi connectivity index (χ0n) is 12.1. The molecular formula is C15H20N2O3S. The van der Waals surface area contributed by atoms with Gasteiger partial charge in [-0.25, -0.2) is 0 Å². The molecule has 2 unspecified atom stereocenters. The molecule has 2 atom stereocenters. The summed E-state index contributed by atoms with van der Waals surface area (Å²) in [5.41, 5.74) is 6.94. The number of carbonyl (C=O) groups excluding carboxylic acids is 2. The molecule has 114 valence electrons. The minimum Gasteiger partial charge on any atom is -0.366 e. The number of fused-ring (bicyclic) bond motifs is 1. The zero-order chi connectivity index (χ0) is 15.0. The van der Waals surface area contributed by atoms with Crippen LogP contribution in [-0.4, -0.2) is 24.6 Å². The Hall–Kier alpha value is -1.40. The highest BCUT2D eigenvalue weighted by atomic mass is 32.1. The second-order valence-corrected chi connectivity index (χ2v) is 7.00. The molecule has 0 aromatic carbocycles. The molecule has 3 rings (SSSR count). The van der Waals surface area contributed by atoms with E-state index in [9.17, 15) is 9.59 Å². The van der Waals surface area contributed by atoms with Crippen molar-refractivity contribution in [3.05, 3.63) is 20.9 Å². The van der Waals surface area contributed by atoms with E-state index in [1.54, 1.807) is 0 Å². The number of thiophene rings is 1. The summed E-state index contributed by atoms with van der Waals surface area (Å²) in [6.07, 6.45) is 4.32. The van der Waals surface area contributed by atoms with Crippen molar-refractivity contribution < 1.29 is 14.3 Å². The Balaban J connectivity index is 1.90. The zero-order valence-corrected chi connectivity index (χ0v) is 12.9. The summed E-state index contributed by atoms with van der Waals surface area (Å²) in [5, 5.41) is 2.85. The Kier molecular flexibility index (Phi) is 3.99. The van der Waals surface area contributed by atoms with E-state index in [1.807, 2.05) is 0 Å². The molecule has 1 aliphatic heterocycles. The van der Waals surface area contributed by atoms with Crippen molar-refractivity contribution in [3.63, 3.8) is 0 Å². The van der Waals surface area contributed by atoms with Gasteiger partial charge in [-0.1, -0.05) is 6.92 Å². The summed E-state index contributed by atoms with van der Waals surface area (Å²) in [6, 6.07) is 0. The van der Waals surface area contributed by atoms with E-state index in [2.05, 4.69) is 12.2 Å². The molecule has 0 spiro atoms. The fourth-order valence-corrected chi connectivity index (χ4v) is 4.49. The van der Waals surface area contributed by atoms with Crippen LogP contribution in [0, 0.1) is 5.92 Å². The summed E-state index contributed by atoms with van der Waals surface area (Å²) in [4.78, 5) is 25.8. The molecule has 1 fully saturated rings. The third-order valence-electron chi connectivity index (χ3n) is 4.19. The Labute approximate surface area is 127 Å². The van der Waals surface area contributed by atoms with Gasteiger partial charge in [0.2, 0.25) is 0 Å². The second-order valence-electron chi connectivity index (χ2n) is 5.90. The number of rotatable bonds is 3. The number of nitrogens with one attached hydrogen (secondary N) is 1. The maximum atomic E-state index is 12.4. The number of primary amides is 1. The van der Waals surface area contributed by atoms with Crippen LogP contribution >= 0.6 is 11.3 Å². The second kappa shape index (κ2) is 5.77. The maximum absolute atomic E-state index is 12.4. The van der Waals surface area contributed by atoms with Crippen LogP contribution in [0.2, 0.25) is 0 Å². The molecule has 0 radical (unpaired) electrons. The van der Waals surface area contributed by atoms with E-state index < -0.39 is 5.91 Å². The first-order valence-corrected chi connectivity index (χ1v) is 8.24. The largest absolute Gasteiger partial charge is 0.366 e. The molecule has 2 amide bonds. The Morgan fingerprint density at radius 1 is 1.38 bits per heavy atom. The molecular weight excluding hydrogens is 288 g/mol. The lowest BCUT2D eigenvalue weighted by Crippen LogP contribution is -2.34. The summed E-state index contributed by atoms with van der Waals surface area (Å²) in [6.45, 7) is 2.87. The normalized spacial score (nSPS) is 24.6. The number of carbonyl (C=O) groups is 2. The van der Waals surface area contributed by atoms with Gasteiger partial charge >= 0.3 is 0 Å². The topological polar surface area (TPSA) is 81.4 Å². The van der Waals surface area contributed by atoms with E-state index in [4.69, 9.17) is 10.5 Å². The van der Waals surface area contributed by atoms with Crippen molar-refractivity contribution in [1.29, 1.82) is 0 Å². The Morgan fingerprint density at radius 2 is 2.19 bits per heavy atom. The van der Waals surface area contributed by atoms with Gasteiger partial charge in [-0.05, 0) is 43.6 Å². The predicted molar refractivity (Wildman–Crippen MR) is 80.5 cm³/mol. The number of amides is 2. The van der Waals surface area contributed by atoms with Crippen molar-refractivity contribution in [2.24, 2.45) is 11.7 Å². The van der Waals surface area contributed by atoms with Gasteiger partial charge < -0.3 is 15.8 Å². The van der Waals surface area contributed by atoms with E-state index in [1.165, 1.54) is 11.3 Å². The fourth-order valence-electron chi connectivity index (χ4n) is 3.07. The number of ether oxygens (including phenoxy) is 1. The van der Waals surface area contributed by atoms with Crippen LogP contribution in [0.25, 0.3) is 0 Å². The first-order chi connectivity index (χ1) is 10.1. The van der Waals surface area contributed by atoms with Gasteiger partial charge in [0.05, 0.1) is 5.56 Å². The monoisotopic (exact) mass is 308 g/mol. The third-order valence-corrected chi connectivity index (χ3v) is 5.44. The molecule has 1 aliphatic carbocycles. The van der Waals surface area contributed by atoms with Gasteiger partial charge in [-0.15, -0.1) is 11.3 Å². The first kappa shape index (κ1) is 14.5. The van der Waals surface area contributed by atoms with Crippen LogP contribution in [0.5, 0.6) is 0 Å². The van der Waals surface area contributed by atoms with Gasteiger partial charge in [-0.3, -0.25) is 9.59 Å². The van der Waals surface area contributed by atoms with Crippen LogP contribution in [0.3, 0.4) is 0 Å². The van der Waals surface area contributed by atoms with Gasteiger partial charge in [0.15, 0.2) is 0 Å². The van der Waals surface area contributed by atoms with Crippen molar-refractivity contribution in [2.75, 3.05) is 6.61 Å². The summed E-state index contributed by atoms with van der Waals surface area (Å²) in [7, 11) is 0. The molecule has 6 heteroatoms. The van der Waals surface area contributed by atoms with Gasteiger partial charge in [0.1, 0.15) is 11.1 Å². The van der Waals surface area contributed by atoms with E-state index in [0.717, 1.165) is 42.5 Å². The van der Waals surface area contributed by atoms with E-state index in [0.29, 0.717) is 23.0 Å². The molecule has 1 saturated heterocycles. The summed E-state index contributed by atoms with van der Waals surface area (Å²) in [5.74, 6) is -0.145. The van der Waals surface area contributed by atoms with Crippen molar-refractivity contribution >= 4 is 23.2 Å². The van der Waals surface area contributed by atoms with Crippen LogP contribution in [-0.2, 0) is 17.6 Å². The molecule has 5 nitrogen and oxygen atoms in total. The lowest BCUT2D eigenvalue weighted by Gasteiger charge is -2.18. The minimum atomic E-state index is -0.500. The molecule has 2 aliphatic rings. The van der Waals surface area contributed by atoms with E-state index in [-0.39, 0.29) is 12.1 Å². The summed E-state index contributed by atoms with van der Waals surface area (Å²) >= 11 is 1.42. The van der Waals surface area contributed by atoms with Crippen molar-refractivity contribution in [2.45, 2.75) is 45.3 Å². The lowest BCUT2D eigenvalue weighted by molar-refractivity contribution is 0.0640. The quantitative estimate of drug-likeness (QED) is 0.894. The lowest BCUT2D eigenvalue weighted by atomic mass is 9.88. The summed E-state index contributed by atoms with van der Waals surface area (Å²) < 4.78 is 5.42.